The summed E-state index contributed by atoms with van der Waals surface area (Å²) in [6, 6.07) is 0.540. The third kappa shape index (κ3) is 1.88. The number of aromatic nitrogens is 1. The van der Waals surface area contributed by atoms with E-state index >= 15 is 0 Å². The molecule has 1 heterocycles. The Morgan fingerprint density at radius 1 is 1.58 bits per heavy atom. The quantitative estimate of drug-likeness (QED) is 0.677. The highest BCUT2D eigenvalue weighted by molar-refractivity contribution is 5.81. The molecule has 12 heavy (non-hydrogen) atoms. The number of hydrogen-bond acceptors (Lipinski definition) is 2. The van der Waals surface area contributed by atoms with Gasteiger partial charge in [-0.1, -0.05) is 0 Å². The van der Waals surface area contributed by atoms with Crippen LogP contribution in [0.4, 0.5) is 19.4 Å². The Hall–Kier alpha value is -1.72. The van der Waals surface area contributed by atoms with Gasteiger partial charge in [0.1, 0.15) is 5.82 Å². The number of carboxylic acid groups (broad SMARTS) is 1. The van der Waals surface area contributed by atoms with Gasteiger partial charge >= 0.3 is 6.09 Å². The summed E-state index contributed by atoms with van der Waals surface area (Å²) in [6.45, 7) is 0. The minimum absolute atomic E-state index is 0.510. The SMILES string of the molecule is O=C(O)Nc1ncc(F)cc1F. The van der Waals surface area contributed by atoms with Crippen LogP contribution in [-0.2, 0) is 0 Å². The largest absolute Gasteiger partial charge is 0.465 e. The van der Waals surface area contributed by atoms with Gasteiger partial charge in [0.25, 0.3) is 0 Å². The molecular weight excluding hydrogens is 170 g/mol. The molecule has 0 atom stereocenters. The molecule has 6 heteroatoms. The van der Waals surface area contributed by atoms with Crippen molar-refractivity contribution in [3.05, 3.63) is 23.9 Å². The molecule has 0 aliphatic carbocycles. The van der Waals surface area contributed by atoms with Crippen molar-refractivity contribution in [2.24, 2.45) is 0 Å². The van der Waals surface area contributed by atoms with Crippen molar-refractivity contribution in [1.29, 1.82) is 0 Å². The van der Waals surface area contributed by atoms with E-state index in [9.17, 15) is 13.6 Å². The van der Waals surface area contributed by atoms with E-state index in [2.05, 4.69) is 4.98 Å². The van der Waals surface area contributed by atoms with Gasteiger partial charge in [-0.05, 0) is 0 Å². The van der Waals surface area contributed by atoms with Gasteiger partial charge in [0.2, 0.25) is 0 Å². The molecule has 64 valence electrons. The van der Waals surface area contributed by atoms with E-state index in [0.717, 1.165) is 0 Å². The van der Waals surface area contributed by atoms with Gasteiger partial charge in [0.05, 0.1) is 6.20 Å². The summed E-state index contributed by atoms with van der Waals surface area (Å²) >= 11 is 0. The standard InChI is InChI=1S/C6H4F2N2O2/c7-3-1-4(8)5(9-2-3)10-6(11)12/h1-2H,(H,9,10)(H,11,12). The molecule has 1 amide bonds. The van der Waals surface area contributed by atoms with Gasteiger partial charge in [-0.2, -0.15) is 0 Å². The Kier molecular flexibility index (Phi) is 2.18. The number of anilines is 1. The van der Waals surface area contributed by atoms with Crippen LogP contribution in [0.3, 0.4) is 0 Å². The lowest BCUT2D eigenvalue weighted by Crippen LogP contribution is -2.10. The van der Waals surface area contributed by atoms with E-state index in [-0.39, 0.29) is 0 Å². The highest BCUT2D eigenvalue weighted by atomic mass is 19.1. The van der Waals surface area contributed by atoms with Gasteiger partial charge in [-0.15, -0.1) is 0 Å². The Morgan fingerprint density at radius 2 is 2.25 bits per heavy atom. The number of rotatable bonds is 1. The van der Waals surface area contributed by atoms with Crippen molar-refractivity contribution in [2.75, 3.05) is 5.32 Å². The van der Waals surface area contributed by atoms with Gasteiger partial charge in [-0.3, -0.25) is 5.32 Å². The van der Waals surface area contributed by atoms with Crippen LogP contribution >= 0.6 is 0 Å². The van der Waals surface area contributed by atoms with E-state index in [0.29, 0.717) is 12.3 Å². The number of hydrogen-bond donors (Lipinski definition) is 2. The first-order valence-corrected chi connectivity index (χ1v) is 2.90. The lowest BCUT2D eigenvalue weighted by atomic mass is 10.4. The van der Waals surface area contributed by atoms with Crippen molar-refractivity contribution in [3.63, 3.8) is 0 Å². The minimum atomic E-state index is -1.45. The third-order valence-corrected chi connectivity index (χ3v) is 1.03. The van der Waals surface area contributed by atoms with Gasteiger partial charge in [-0.25, -0.2) is 18.6 Å². The predicted octanol–water partition coefficient (Wildman–Crippen LogP) is 1.45. The average Bonchev–Trinajstić information content (AvgIpc) is 1.94. The molecule has 0 unspecified atom stereocenters. The summed E-state index contributed by atoms with van der Waals surface area (Å²) in [5, 5.41) is 9.81. The number of halogens is 2. The molecule has 0 aliphatic heterocycles. The highest BCUT2D eigenvalue weighted by Crippen LogP contribution is 2.10. The molecule has 0 saturated heterocycles. The fraction of sp³-hybridized carbons (Fsp3) is 0. The molecule has 1 aromatic heterocycles. The molecule has 4 nitrogen and oxygen atoms in total. The zero-order valence-corrected chi connectivity index (χ0v) is 5.71. The van der Waals surface area contributed by atoms with Crippen molar-refractivity contribution < 1.29 is 18.7 Å². The Morgan fingerprint density at radius 3 is 2.75 bits per heavy atom. The second-order valence-corrected chi connectivity index (χ2v) is 1.91. The molecular formula is C6H4F2N2O2. The molecule has 0 radical (unpaired) electrons. The lowest BCUT2D eigenvalue weighted by Gasteiger charge is -1.99. The maximum absolute atomic E-state index is 12.6. The number of pyridine rings is 1. The molecule has 0 spiro atoms. The van der Waals surface area contributed by atoms with Gasteiger partial charge in [0.15, 0.2) is 11.6 Å². The molecule has 2 N–H and O–H groups in total. The predicted molar refractivity (Wildman–Crippen MR) is 35.8 cm³/mol. The summed E-state index contributed by atoms with van der Waals surface area (Å²) in [5.41, 5.74) is 0. The summed E-state index contributed by atoms with van der Waals surface area (Å²) in [4.78, 5) is 13.2. The van der Waals surface area contributed by atoms with Crippen molar-refractivity contribution in [3.8, 4) is 0 Å². The van der Waals surface area contributed by atoms with Crippen molar-refractivity contribution in [2.45, 2.75) is 0 Å². The van der Waals surface area contributed by atoms with Crippen LogP contribution in [0.2, 0.25) is 0 Å². The van der Waals surface area contributed by atoms with E-state index in [4.69, 9.17) is 5.11 Å². The highest BCUT2D eigenvalue weighted by Gasteiger charge is 2.06. The third-order valence-electron chi connectivity index (χ3n) is 1.03. The minimum Gasteiger partial charge on any atom is -0.465 e. The molecule has 1 rings (SSSR count). The zero-order chi connectivity index (χ0) is 9.14. The summed E-state index contributed by atoms with van der Waals surface area (Å²) in [5.74, 6) is -2.41. The average molecular weight is 174 g/mol. The lowest BCUT2D eigenvalue weighted by molar-refractivity contribution is 0.209. The van der Waals surface area contributed by atoms with Crippen LogP contribution in [0, 0.1) is 11.6 Å². The smallest absolute Gasteiger partial charge is 0.410 e. The molecule has 0 saturated carbocycles. The summed E-state index contributed by atoms with van der Waals surface area (Å²) in [7, 11) is 0. The summed E-state index contributed by atoms with van der Waals surface area (Å²) in [6.07, 6.45) is -0.734. The Balaban J connectivity index is 2.93. The molecule has 0 fully saturated rings. The number of nitrogens with one attached hydrogen (secondary N) is 1. The van der Waals surface area contributed by atoms with Crippen LogP contribution in [0.5, 0.6) is 0 Å². The van der Waals surface area contributed by atoms with Crippen LogP contribution in [0.15, 0.2) is 12.3 Å². The molecule has 1 aromatic rings. The molecule has 0 aromatic carbocycles. The topological polar surface area (TPSA) is 62.2 Å². The zero-order valence-electron chi connectivity index (χ0n) is 5.71. The van der Waals surface area contributed by atoms with E-state index < -0.39 is 23.5 Å². The van der Waals surface area contributed by atoms with Gasteiger partial charge in [0, 0.05) is 6.07 Å². The van der Waals surface area contributed by atoms with E-state index in [1.807, 2.05) is 0 Å². The van der Waals surface area contributed by atoms with Crippen LogP contribution < -0.4 is 5.32 Å². The monoisotopic (exact) mass is 174 g/mol. The first-order chi connectivity index (χ1) is 5.59. The van der Waals surface area contributed by atoms with Crippen LogP contribution in [0.1, 0.15) is 0 Å². The fourth-order valence-corrected chi connectivity index (χ4v) is 0.608. The molecule has 0 aliphatic rings. The maximum Gasteiger partial charge on any atom is 0.410 e. The fourth-order valence-electron chi connectivity index (χ4n) is 0.608. The van der Waals surface area contributed by atoms with Crippen LogP contribution in [-0.4, -0.2) is 16.2 Å². The first-order valence-electron chi connectivity index (χ1n) is 2.90. The second-order valence-electron chi connectivity index (χ2n) is 1.91. The second kappa shape index (κ2) is 3.12. The number of carbonyl (C=O) groups is 1. The normalized spacial score (nSPS) is 9.50. The Bertz CT molecular complexity index is 316. The van der Waals surface area contributed by atoms with Crippen molar-refractivity contribution in [1.82, 2.24) is 4.98 Å². The van der Waals surface area contributed by atoms with Crippen molar-refractivity contribution >= 4 is 11.9 Å². The van der Waals surface area contributed by atoms with E-state index in [1.165, 1.54) is 0 Å². The van der Waals surface area contributed by atoms with Gasteiger partial charge < -0.3 is 5.11 Å². The van der Waals surface area contributed by atoms with E-state index in [1.54, 1.807) is 5.32 Å². The van der Waals surface area contributed by atoms with Crippen LogP contribution in [0.25, 0.3) is 0 Å². The Labute approximate surface area is 65.9 Å². The first kappa shape index (κ1) is 8.38. The summed E-state index contributed by atoms with van der Waals surface area (Å²) < 4.78 is 24.8. The molecule has 0 bridgehead atoms. The number of nitrogens with zero attached hydrogens (tertiary/aromatic N) is 1. The maximum atomic E-state index is 12.6. The number of amides is 1.